The lowest BCUT2D eigenvalue weighted by atomic mass is 9.39. The normalized spacial score (nSPS) is 49.3. The lowest BCUT2D eigenvalue weighted by Crippen LogP contribution is -2.70. The lowest BCUT2D eigenvalue weighted by molar-refractivity contribution is -0.224. The maximum absolute atomic E-state index is 13.6. The molecule has 0 unspecified atom stereocenters. The van der Waals surface area contributed by atoms with Crippen molar-refractivity contribution in [1.29, 1.82) is 0 Å². The van der Waals surface area contributed by atoms with Gasteiger partial charge in [0.15, 0.2) is 11.5 Å². The van der Waals surface area contributed by atoms with Gasteiger partial charge in [-0.15, -0.1) is 0 Å². The van der Waals surface area contributed by atoms with Gasteiger partial charge in [-0.05, 0) is 37.2 Å². The Morgan fingerprint density at radius 1 is 1.19 bits per heavy atom. The van der Waals surface area contributed by atoms with E-state index in [2.05, 4.69) is 0 Å². The van der Waals surface area contributed by atoms with E-state index in [4.69, 9.17) is 9.47 Å². The standard InChI is InChI=1S/C21H28O6/c1-9-6-13(22)19(25)21(4)11(9)7-14-20(3)12(8-15(23)27-14)10(2)17(26-5)16(24)18(20)21/h9,11-14,18,22H,6-8H2,1-5H3/t9-,11-,12+,13+,14-,18-,20-,21+/m1/s1. The average Bonchev–Trinajstić information content (AvgIpc) is 2.58. The lowest BCUT2D eigenvalue weighted by Gasteiger charge is -2.65. The molecule has 1 N–H and O–H groups in total. The Hall–Kier alpha value is -1.69. The quantitative estimate of drug-likeness (QED) is 0.705. The number of rotatable bonds is 1. The highest BCUT2D eigenvalue weighted by atomic mass is 16.5. The Morgan fingerprint density at radius 2 is 1.85 bits per heavy atom. The minimum atomic E-state index is -1.06. The summed E-state index contributed by atoms with van der Waals surface area (Å²) in [5.41, 5.74) is -0.900. The molecule has 3 aliphatic carbocycles. The molecule has 0 aromatic rings. The highest BCUT2D eigenvalue weighted by Crippen LogP contribution is 2.67. The largest absolute Gasteiger partial charge is 0.493 e. The van der Waals surface area contributed by atoms with E-state index in [0.717, 1.165) is 5.57 Å². The Labute approximate surface area is 159 Å². The molecule has 4 rings (SSSR count). The zero-order valence-electron chi connectivity index (χ0n) is 16.6. The third-order valence-corrected chi connectivity index (χ3v) is 8.24. The zero-order valence-corrected chi connectivity index (χ0v) is 16.6. The first-order valence-electron chi connectivity index (χ1n) is 9.79. The van der Waals surface area contributed by atoms with Gasteiger partial charge in [-0.25, -0.2) is 0 Å². The Bertz CT molecular complexity index is 769. The summed E-state index contributed by atoms with van der Waals surface area (Å²) in [6.45, 7) is 7.67. The third-order valence-electron chi connectivity index (χ3n) is 8.24. The summed E-state index contributed by atoms with van der Waals surface area (Å²) in [6.07, 6.45) is -0.352. The van der Waals surface area contributed by atoms with Crippen molar-refractivity contribution in [3.05, 3.63) is 11.3 Å². The minimum absolute atomic E-state index is 0.0529. The molecule has 0 bridgehead atoms. The second-order valence-corrected chi connectivity index (χ2v) is 9.33. The summed E-state index contributed by atoms with van der Waals surface area (Å²) in [5.74, 6) is -1.40. The molecule has 0 aromatic carbocycles. The van der Waals surface area contributed by atoms with E-state index in [1.54, 1.807) is 0 Å². The molecule has 4 aliphatic rings. The number of methoxy groups -OCH3 is 1. The fourth-order valence-electron chi connectivity index (χ4n) is 7.02. The number of esters is 1. The Kier molecular flexibility index (Phi) is 3.91. The van der Waals surface area contributed by atoms with E-state index in [9.17, 15) is 19.5 Å². The van der Waals surface area contributed by atoms with E-state index in [0.29, 0.717) is 12.8 Å². The van der Waals surface area contributed by atoms with Crippen LogP contribution < -0.4 is 0 Å². The van der Waals surface area contributed by atoms with Crippen molar-refractivity contribution in [1.82, 2.24) is 0 Å². The van der Waals surface area contributed by atoms with Gasteiger partial charge in [-0.2, -0.15) is 0 Å². The fourth-order valence-corrected chi connectivity index (χ4v) is 7.02. The van der Waals surface area contributed by atoms with Gasteiger partial charge in [-0.1, -0.05) is 20.8 Å². The number of hydrogen-bond acceptors (Lipinski definition) is 6. The molecular formula is C21H28O6. The molecule has 6 heteroatoms. The van der Waals surface area contributed by atoms with Gasteiger partial charge in [0, 0.05) is 22.7 Å². The highest BCUT2D eigenvalue weighted by molar-refractivity contribution is 6.04. The van der Waals surface area contributed by atoms with Crippen LogP contribution in [0.3, 0.4) is 0 Å². The number of ketones is 2. The van der Waals surface area contributed by atoms with Gasteiger partial charge < -0.3 is 14.6 Å². The van der Waals surface area contributed by atoms with E-state index >= 15 is 0 Å². The molecular weight excluding hydrogens is 348 g/mol. The molecule has 8 atom stereocenters. The molecule has 6 nitrogen and oxygen atoms in total. The Balaban J connectivity index is 1.97. The number of ether oxygens (including phenoxy) is 2. The summed E-state index contributed by atoms with van der Waals surface area (Å²) in [4.78, 5) is 39.2. The maximum Gasteiger partial charge on any atom is 0.306 e. The van der Waals surface area contributed by atoms with Crippen molar-refractivity contribution in [2.75, 3.05) is 7.11 Å². The second-order valence-electron chi connectivity index (χ2n) is 9.33. The molecule has 2 saturated carbocycles. The second kappa shape index (κ2) is 5.66. The predicted molar refractivity (Wildman–Crippen MR) is 95.3 cm³/mol. The van der Waals surface area contributed by atoms with Crippen molar-refractivity contribution in [2.24, 2.45) is 34.5 Å². The van der Waals surface area contributed by atoms with Gasteiger partial charge in [-0.3, -0.25) is 14.4 Å². The van der Waals surface area contributed by atoms with Crippen molar-refractivity contribution in [3.63, 3.8) is 0 Å². The molecule has 0 spiro atoms. The van der Waals surface area contributed by atoms with Gasteiger partial charge in [0.05, 0.1) is 13.5 Å². The van der Waals surface area contributed by atoms with Crippen LogP contribution in [0.25, 0.3) is 0 Å². The summed E-state index contributed by atoms with van der Waals surface area (Å²) < 4.78 is 11.2. The molecule has 1 saturated heterocycles. The number of allylic oxidation sites excluding steroid dienone is 2. The maximum atomic E-state index is 13.6. The number of fused-ring (bicyclic) bond motifs is 2. The SMILES string of the molecule is COC1=C(C)[C@@H]2CC(=O)O[C@@H]3C[C@@H]4[C@H](C)C[C@H](O)C(=O)[C@]4(C)[C@H](C1=O)[C@@]32C. The van der Waals surface area contributed by atoms with Crippen LogP contribution in [0.1, 0.15) is 47.0 Å². The topological polar surface area (TPSA) is 89.9 Å². The summed E-state index contributed by atoms with van der Waals surface area (Å²) >= 11 is 0. The number of aliphatic hydroxyl groups is 1. The monoisotopic (exact) mass is 376 g/mol. The molecule has 148 valence electrons. The highest BCUT2D eigenvalue weighted by Gasteiger charge is 2.72. The van der Waals surface area contributed by atoms with Crippen LogP contribution in [0.5, 0.6) is 0 Å². The van der Waals surface area contributed by atoms with E-state index in [1.165, 1.54) is 7.11 Å². The molecule has 27 heavy (non-hydrogen) atoms. The van der Waals surface area contributed by atoms with Crippen molar-refractivity contribution in [3.8, 4) is 0 Å². The van der Waals surface area contributed by atoms with Crippen LogP contribution in [0, 0.1) is 34.5 Å². The fraction of sp³-hybridized carbons (Fsp3) is 0.762. The van der Waals surface area contributed by atoms with Crippen molar-refractivity contribution < 1.29 is 29.0 Å². The number of carbonyl (C=O) groups is 3. The van der Waals surface area contributed by atoms with E-state index < -0.39 is 29.0 Å². The van der Waals surface area contributed by atoms with Gasteiger partial charge in [0.2, 0.25) is 5.78 Å². The zero-order chi connectivity index (χ0) is 19.9. The molecule has 0 radical (unpaired) electrons. The minimum Gasteiger partial charge on any atom is -0.493 e. The average molecular weight is 376 g/mol. The Morgan fingerprint density at radius 3 is 2.48 bits per heavy atom. The first-order chi connectivity index (χ1) is 12.6. The van der Waals surface area contributed by atoms with Gasteiger partial charge in [0.1, 0.15) is 12.2 Å². The first-order valence-corrected chi connectivity index (χ1v) is 9.79. The number of carbonyl (C=O) groups excluding carboxylic acids is 3. The molecule has 0 amide bonds. The van der Waals surface area contributed by atoms with Crippen LogP contribution >= 0.6 is 0 Å². The van der Waals surface area contributed by atoms with Crippen LogP contribution in [-0.2, 0) is 23.9 Å². The molecule has 3 fully saturated rings. The third kappa shape index (κ3) is 2.08. The smallest absolute Gasteiger partial charge is 0.306 e. The molecule has 1 aliphatic heterocycles. The van der Waals surface area contributed by atoms with Crippen molar-refractivity contribution in [2.45, 2.75) is 59.2 Å². The van der Waals surface area contributed by atoms with Crippen LogP contribution in [-0.4, -0.2) is 42.0 Å². The predicted octanol–water partition coefficient (Wildman–Crippen LogP) is 2.04. The van der Waals surface area contributed by atoms with Crippen LogP contribution in [0.2, 0.25) is 0 Å². The molecule has 1 heterocycles. The van der Waals surface area contributed by atoms with Gasteiger partial charge >= 0.3 is 5.97 Å². The number of aliphatic hydroxyl groups excluding tert-OH is 1. The number of Topliss-reactive ketones (excluding diaryl/α,β-unsaturated/α-hetero) is 2. The van der Waals surface area contributed by atoms with Gasteiger partial charge in [0.25, 0.3) is 0 Å². The van der Waals surface area contributed by atoms with Crippen LogP contribution in [0.15, 0.2) is 11.3 Å². The summed E-state index contributed by atoms with van der Waals surface area (Å²) in [6, 6.07) is 0. The molecule has 0 aromatic heterocycles. The van der Waals surface area contributed by atoms with Crippen LogP contribution in [0.4, 0.5) is 0 Å². The van der Waals surface area contributed by atoms with E-state index in [-0.39, 0.29) is 47.5 Å². The van der Waals surface area contributed by atoms with Crippen molar-refractivity contribution >= 4 is 17.5 Å². The number of hydrogen-bond donors (Lipinski definition) is 1. The summed E-state index contributed by atoms with van der Waals surface area (Å²) in [5, 5.41) is 10.4. The van der Waals surface area contributed by atoms with E-state index in [1.807, 2.05) is 27.7 Å². The first kappa shape index (κ1) is 18.7. The summed E-state index contributed by atoms with van der Waals surface area (Å²) in [7, 11) is 1.46.